The first-order valence-corrected chi connectivity index (χ1v) is 16.4. The SMILES string of the molecule is COc1cc(/C=N/NC(=O)CN(c2cc(Cl)cc(Cl)c2)S(=O)(=O)c2ccc(C)cc2)cc(Br)c1OCc1ccc(Cl)cc1Cl. The second-order valence-electron chi connectivity index (χ2n) is 9.30. The van der Waals surface area contributed by atoms with Gasteiger partial charge in [0.1, 0.15) is 13.2 Å². The molecule has 1 amide bonds. The summed E-state index contributed by atoms with van der Waals surface area (Å²) < 4.78 is 40.1. The molecule has 4 aromatic carbocycles. The number of hydrogen-bond acceptors (Lipinski definition) is 6. The van der Waals surface area contributed by atoms with Crippen molar-refractivity contribution in [3.63, 3.8) is 0 Å². The second-order valence-corrected chi connectivity index (χ2v) is 13.7. The first-order chi connectivity index (χ1) is 20.9. The van der Waals surface area contributed by atoms with Crippen LogP contribution in [0.2, 0.25) is 20.1 Å². The monoisotopic (exact) mass is 757 g/mol. The van der Waals surface area contributed by atoms with E-state index in [-0.39, 0.29) is 27.2 Å². The Hall–Kier alpha value is -2.99. The Morgan fingerprint density at radius 3 is 2.27 bits per heavy atom. The van der Waals surface area contributed by atoms with E-state index >= 15 is 0 Å². The number of nitrogens with one attached hydrogen (secondary N) is 1. The van der Waals surface area contributed by atoms with Crippen LogP contribution in [0.25, 0.3) is 0 Å². The van der Waals surface area contributed by atoms with Gasteiger partial charge in [0.25, 0.3) is 15.9 Å². The lowest BCUT2D eigenvalue weighted by atomic mass is 10.2. The van der Waals surface area contributed by atoms with Gasteiger partial charge in [-0.3, -0.25) is 9.10 Å². The van der Waals surface area contributed by atoms with Crippen LogP contribution in [0.3, 0.4) is 0 Å². The maximum absolute atomic E-state index is 13.6. The summed E-state index contributed by atoms with van der Waals surface area (Å²) in [5.74, 6) is 0.112. The number of carbonyl (C=O) groups is 1. The topological polar surface area (TPSA) is 97.3 Å². The molecule has 8 nitrogen and oxygen atoms in total. The molecule has 0 aromatic heterocycles. The number of nitrogens with zero attached hydrogens (tertiary/aromatic N) is 2. The summed E-state index contributed by atoms with van der Waals surface area (Å²) in [6, 6.07) is 19.0. The van der Waals surface area contributed by atoms with Gasteiger partial charge in [0.05, 0.1) is 28.4 Å². The third-order valence-electron chi connectivity index (χ3n) is 6.07. The average molecular weight is 760 g/mol. The van der Waals surface area contributed by atoms with Crippen LogP contribution in [-0.4, -0.2) is 34.2 Å². The van der Waals surface area contributed by atoms with Crippen LogP contribution in [0.1, 0.15) is 16.7 Å². The molecule has 1 N–H and O–H groups in total. The van der Waals surface area contributed by atoms with Crippen molar-refractivity contribution in [2.24, 2.45) is 5.10 Å². The van der Waals surface area contributed by atoms with E-state index in [0.717, 1.165) is 15.4 Å². The van der Waals surface area contributed by atoms with Gasteiger partial charge in [-0.25, -0.2) is 13.8 Å². The minimum Gasteiger partial charge on any atom is -0.493 e. The van der Waals surface area contributed by atoms with E-state index in [1.165, 1.54) is 43.7 Å². The van der Waals surface area contributed by atoms with Gasteiger partial charge in [-0.2, -0.15) is 5.10 Å². The number of rotatable bonds is 11. The number of benzene rings is 4. The summed E-state index contributed by atoms with van der Waals surface area (Å²) in [6.07, 6.45) is 1.38. The number of hydrazone groups is 1. The highest BCUT2D eigenvalue weighted by Gasteiger charge is 2.28. The van der Waals surface area contributed by atoms with Crippen molar-refractivity contribution in [1.29, 1.82) is 0 Å². The van der Waals surface area contributed by atoms with Gasteiger partial charge in [-0.15, -0.1) is 0 Å². The van der Waals surface area contributed by atoms with E-state index in [4.69, 9.17) is 55.9 Å². The Morgan fingerprint density at radius 1 is 0.955 bits per heavy atom. The van der Waals surface area contributed by atoms with Gasteiger partial charge in [0, 0.05) is 25.7 Å². The smallest absolute Gasteiger partial charge is 0.264 e. The maximum atomic E-state index is 13.6. The Morgan fingerprint density at radius 2 is 1.64 bits per heavy atom. The van der Waals surface area contributed by atoms with Gasteiger partial charge in [-0.1, -0.05) is 70.2 Å². The molecule has 0 spiro atoms. The van der Waals surface area contributed by atoms with E-state index in [9.17, 15) is 13.2 Å². The summed E-state index contributed by atoms with van der Waals surface area (Å²) in [4.78, 5) is 13.0. The lowest BCUT2D eigenvalue weighted by Crippen LogP contribution is -2.39. The van der Waals surface area contributed by atoms with E-state index < -0.39 is 22.5 Å². The standard InChI is InChI=1S/C30H24BrCl4N3O5S/c1-18-3-7-25(8-4-18)44(40,41)38(24-12-22(33)11-23(34)13-24)16-29(39)37-36-15-19-9-26(31)30(28(10-19)42-2)43-17-20-5-6-21(32)14-27(20)35/h3-15H,16-17H2,1-2H3,(H,37,39)/b36-15+. The lowest BCUT2D eigenvalue weighted by molar-refractivity contribution is -0.119. The summed E-state index contributed by atoms with van der Waals surface area (Å²) >= 11 is 28.0. The highest BCUT2D eigenvalue weighted by Crippen LogP contribution is 2.37. The van der Waals surface area contributed by atoms with E-state index in [1.54, 1.807) is 42.5 Å². The zero-order valence-corrected chi connectivity index (χ0v) is 28.6. The van der Waals surface area contributed by atoms with Crippen molar-refractivity contribution < 1.29 is 22.7 Å². The molecule has 0 heterocycles. The average Bonchev–Trinajstić information content (AvgIpc) is 2.95. The van der Waals surface area contributed by atoms with Gasteiger partial charge >= 0.3 is 0 Å². The van der Waals surface area contributed by atoms with Gasteiger partial charge in [0.2, 0.25) is 0 Å². The fourth-order valence-electron chi connectivity index (χ4n) is 3.92. The van der Waals surface area contributed by atoms with Crippen molar-refractivity contribution in [1.82, 2.24) is 5.43 Å². The summed E-state index contributed by atoms with van der Waals surface area (Å²) in [5, 5.41) is 5.40. The molecule has 4 aromatic rings. The van der Waals surface area contributed by atoms with Gasteiger partial charge < -0.3 is 9.47 Å². The van der Waals surface area contributed by atoms with Crippen LogP contribution < -0.4 is 19.2 Å². The van der Waals surface area contributed by atoms with Crippen molar-refractivity contribution >= 4 is 90.2 Å². The van der Waals surface area contributed by atoms with Crippen molar-refractivity contribution in [3.8, 4) is 11.5 Å². The number of ether oxygens (including phenoxy) is 2. The predicted molar refractivity (Wildman–Crippen MR) is 179 cm³/mol. The predicted octanol–water partition coefficient (Wildman–Crippen LogP) is 8.30. The number of halogens is 5. The molecule has 0 radical (unpaired) electrons. The third-order valence-corrected chi connectivity index (χ3v) is 9.47. The Balaban J connectivity index is 1.51. The molecule has 14 heteroatoms. The van der Waals surface area contributed by atoms with Crippen molar-refractivity contribution in [2.75, 3.05) is 18.0 Å². The zero-order chi connectivity index (χ0) is 32.0. The number of hydrogen-bond donors (Lipinski definition) is 1. The van der Waals surface area contributed by atoms with Gasteiger partial charge in [-0.05, 0) is 83.0 Å². The van der Waals surface area contributed by atoms with Crippen LogP contribution in [0.5, 0.6) is 11.5 Å². The first kappa shape index (κ1) is 33.9. The minimum absolute atomic E-state index is 0.00640. The normalized spacial score (nSPS) is 11.4. The minimum atomic E-state index is -4.17. The number of aryl methyl sites for hydroxylation is 1. The van der Waals surface area contributed by atoms with Crippen LogP contribution in [0.4, 0.5) is 5.69 Å². The summed E-state index contributed by atoms with van der Waals surface area (Å²) in [5.41, 5.74) is 4.65. The highest BCUT2D eigenvalue weighted by atomic mass is 79.9. The number of amides is 1. The summed E-state index contributed by atoms with van der Waals surface area (Å²) in [7, 11) is -2.69. The fraction of sp³-hybridized carbons (Fsp3) is 0.133. The van der Waals surface area contributed by atoms with E-state index in [0.29, 0.717) is 31.6 Å². The molecule has 0 aliphatic carbocycles. The number of carbonyl (C=O) groups excluding carboxylic acids is 1. The number of sulfonamides is 1. The molecule has 0 atom stereocenters. The molecule has 44 heavy (non-hydrogen) atoms. The molecule has 0 saturated carbocycles. The zero-order valence-electron chi connectivity index (χ0n) is 23.2. The molecule has 0 bridgehead atoms. The second kappa shape index (κ2) is 14.9. The largest absolute Gasteiger partial charge is 0.493 e. The molecule has 4 rings (SSSR count). The summed E-state index contributed by atoms with van der Waals surface area (Å²) in [6.45, 7) is 1.40. The molecular weight excluding hydrogens is 736 g/mol. The molecule has 0 saturated heterocycles. The van der Waals surface area contributed by atoms with Crippen LogP contribution >= 0.6 is 62.3 Å². The quantitative estimate of drug-likeness (QED) is 0.123. The Kier molecular flexibility index (Phi) is 11.4. The van der Waals surface area contributed by atoms with Crippen LogP contribution in [0.15, 0.2) is 87.3 Å². The lowest BCUT2D eigenvalue weighted by Gasteiger charge is -2.24. The van der Waals surface area contributed by atoms with Crippen molar-refractivity contribution in [2.45, 2.75) is 18.4 Å². The molecule has 0 unspecified atom stereocenters. The third kappa shape index (κ3) is 8.59. The maximum Gasteiger partial charge on any atom is 0.264 e. The fourth-order valence-corrected chi connectivity index (χ4v) is 6.88. The Bertz CT molecular complexity index is 1800. The van der Waals surface area contributed by atoms with Gasteiger partial charge in [0.15, 0.2) is 11.5 Å². The molecule has 230 valence electrons. The molecule has 0 aliphatic heterocycles. The Labute approximate surface area is 283 Å². The highest BCUT2D eigenvalue weighted by molar-refractivity contribution is 9.10. The van der Waals surface area contributed by atoms with Crippen molar-refractivity contribution in [3.05, 3.63) is 114 Å². The van der Waals surface area contributed by atoms with E-state index in [1.807, 2.05) is 6.92 Å². The molecular formula is C30H24BrCl4N3O5S. The molecule has 0 fully saturated rings. The molecule has 0 aliphatic rings. The van der Waals surface area contributed by atoms with Crippen LogP contribution in [-0.2, 0) is 21.4 Å². The number of methoxy groups -OCH3 is 1. The van der Waals surface area contributed by atoms with Crippen LogP contribution in [0, 0.1) is 6.92 Å². The first-order valence-electron chi connectivity index (χ1n) is 12.7. The number of anilines is 1. The van der Waals surface area contributed by atoms with E-state index in [2.05, 4.69) is 26.5 Å².